The smallest absolute Gasteiger partial charge is 0.406 e. The van der Waals surface area contributed by atoms with E-state index in [0.29, 0.717) is 11.3 Å². The number of amides is 2. The number of anilines is 1. The number of carbonyl (C=O) groups excluding carboxylic acids is 1. The molecule has 0 aliphatic rings. The minimum Gasteiger partial charge on any atom is -0.406 e. The van der Waals surface area contributed by atoms with Gasteiger partial charge in [-0.2, -0.15) is 0 Å². The number of fused-ring (bicyclic) bond motifs is 1. The Morgan fingerprint density at radius 2 is 1.85 bits per heavy atom. The molecule has 2 aromatic carbocycles. The topological polar surface area (TPSA) is 63.2 Å². The summed E-state index contributed by atoms with van der Waals surface area (Å²) in [6.45, 7) is 0.154. The summed E-state index contributed by atoms with van der Waals surface area (Å²) in [5.41, 5.74) is 1.25. The number of benzene rings is 2. The molecule has 2 amide bonds. The van der Waals surface area contributed by atoms with Crippen molar-refractivity contribution in [2.24, 2.45) is 0 Å². The first-order chi connectivity index (χ1) is 12.4. The van der Waals surface area contributed by atoms with Crippen LogP contribution >= 0.6 is 0 Å². The third kappa shape index (κ3) is 4.62. The Morgan fingerprint density at radius 1 is 1.08 bits per heavy atom. The third-order valence-corrected chi connectivity index (χ3v) is 3.54. The molecule has 0 spiro atoms. The molecule has 0 radical (unpaired) electrons. The summed E-state index contributed by atoms with van der Waals surface area (Å²) in [6, 6.07) is 12.2. The van der Waals surface area contributed by atoms with Crippen LogP contribution in [0.15, 0.2) is 60.9 Å². The number of aromatic nitrogens is 1. The van der Waals surface area contributed by atoms with E-state index in [1.54, 1.807) is 18.5 Å². The number of halogens is 3. The number of hydrogen-bond acceptors (Lipinski definition) is 3. The summed E-state index contributed by atoms with van der Waals surface area (Å²) in [4.78, 5) is 16.1. The fraction of sp³-hybridized carbons (Fsp3) is 0.111. The van der Waals surface area contributed by atoms with E-state index in [9.17, 15) is 18.0 Å². The molecule has 5 nitrogen and oxygen atoms in total. The molecule has 0 unspecified atom stereocenters. The molecule has 0 saturated heterocycles. The zero-order valence-corrected chi connectivity index (χ0v) is 13.4. The first kappa shape index (κ1) is 17.5. The monoisotopic (exact) mass is 361 g/mol. The number of urea groups is 1. The molecule has 0 saturated carbocycles. The third-order valence-electron chi connectivity index (χ3n) is 3.54. The highest BCUT2D eigenvalue weighted by Crippen LogP contribution is 2.23. The Kier molecular flexibility index (Phi) is 4.92. The molecule has 0 aliphatic carbocycles. The Bertz CT molecular complexity index is 906. The quantitative estimate of drug-likeness (QED) is 0.721. The molecule has 8 heteroatoms. The Morgan fingerprint density at radius 3 is 2.58 bits per heavy atom. The lowest BCUT2D eigenvalue weighted by Crippen LogP contribution is -2.28. The minimum absolute atomic E-state index is 0.154. The lowest BCUT2D eigenvalue weighted by Gasteiger charge is -2.11. The highest BCUT2D eigenvalue weighted by atomic mass is 19.4. The first-order valence-corrected chi connectivity index (χ1v) is 7.63. The molecule has 0 bridgehead atoms. The van der Waals surface area contributed by atoms with Gasteiger partial charge in [0.15, 0.2) is 0 Å². The maximum Gasteiger partial charge on any atom is 0.573 e. The second-order valence-corrected chi connectivity index (χ2v) is 5.40. The van der Waals surface area contributed by atoms with Crippen LogP contribution in [0, 0.1) is 0 Å². The van der Waals surface area contributed by atoms with E-state index in [2.05, 4.69) is 20.4 Å². The van der Waals surface area contributed by atoms with E-state index >= 15 is 0 Å². The van der Waals surface area contributed by atoms with Crippen molar-refractivity contribution in [3.8, 4) is 5.75 Å². The zero-order valence-electron chi connectivity index (χ0n) is 13.4. The number of ether oxygens (including phenoxy) is 1. The van der Waals surface area contributed by atoms with E-state index in [4.69, 9.17) is 0 Å². The van der Waals surface area contributed by atoms with Gasteiger partial charge < -0.3 is 15.4 Å². The lowest BCUT2D eigenvalue weighted by molar-refractivity contribution is -0.274. The predicted molar refractivity (Wildman–Crippen MR) is 90.7 cm³/mol. The number of pyridine rings is 1. The van der Waals surface area contributed by atoms with E-state index < -0.39 is 12.4 Å². The van der Waals surface area contributed by atoms with Crippen LogP contribution in [-0.2, 0) is 6.54 Å². The Balaban J connectivity index is 1.59. The molecule has 3 aromatic rings. The van der Waals surface area contributed by atoms with Gasteiger partial charge in [-0.1, -0.05) is 24.3 Å². The van der Waals surface area contributed by atoms with Crippen LogP contribution in [0.2, 0.25) is 0 Å². The molecular weight excluding hydrogens is 347 g/mol. The van der Waals surface area contributed by atoms with E-state index in [1.807, 2.05) is 18.2 Å². The van der Waals surface area contributed by atoms with Crippen molar-refractivity contribution in [3.63, 3.8) is 0 Å². The van der Waals surface area contributed by atoms with Gasteiger partial charge in [-0.15, -0.1) is 13.2 Å². The van der Waals surface area contributed by atoms with E-state index in [-0.39, 0.29) is 12.3 Å². The highest BCUT2D eigenvalue weighted by molar-refractivity contribution is 6.01. The van der Waals surface area contributed by atoms with Gasteiger partial charge in [-0.05, 0) is 35.2 Å². The summed E-state index contributed by atoms with van der Waals surface area (Å²) < 4.78 is 40.2. The van der Waals surface area contributed by atoms with Crippen molar-refractivity contribution in [1.82, 2.24) is 10.3 Å². The van der Waals surface area contributed by atoms with Crippen LogP contribution in [0.25, 0.3) is 10.8 Å². The number of nitrogens with one attached hydrogen (secondary N) is 2. The zero-order chi connectivity index (χ0) is 18.6. The van der Waals surface area contributed by atoms with Gasteiger partial charge in [0.1, 0.15) is 5.75 Å². The van der Waals surface area contributed by atoms with Gasteiger partial charge in [0.2, 0.25) is 0 Å². The van der Waals surface area contributed by atoms with E-state index in [0.717, 1.165) is 10.8 Å². The van der Waals surface area contributed by atoms with Crippen LogP contribution in [0.1, 0.15) is 5.56 Å². The van der Waals surface area contributed by atoms with Gasteiger partial charge in [-0.3, -0.25) is 4.98 Å². The first-order valence-electron chi connectivity index (χ1n) is 7.63. The Labute approximate surface area is 146 Å². The largest absolute Gasteiger partial charge is 0.573 e. The second kappa shape index (κ2) is 7.30. The van der Waals surface area contributed by atoms with Crippen molar-refractivity contribution in [2.75, 3.05) is 5.32 Å². The van der Waals surface area contributed by atoms with Crippen LogP contribution in [0.5, 0.6) is 5.75 Å². The number of hydrogen-bond donors (Lipinski definition) is 2. The minimum atomic E-state index is -4.73. The number of rotatable bonds is 4. The van der Waals surface area contributed by atoms with Crippen LogP contribution < -0.4 is 15.4 Å². The van der Waals surface area contributed by atoms with Crippen LogP contribution in [-0.4, -0.2) is 17.4 Å². The SMILES string of the molecule is O=C(NCc1ccc(OC(F)(F)F)cc1)Nc1cccc2ccncc12. The van der Waals surface area contributed by atoms with E-state index in [1.165, 1.54) is 24.3 Å². The van der Waals surface area contributed by atoms with Gasteiger partial charge in [0.05, 0.1) is 5.69 Å². The maximum atomic E-state index is 12.1. The standard InChI is InChI=1S/C18H14F3N3O2/c19-18(20,21)26-14-6-4-12(5-7-14)10-23-17(25)24-16-3-1-2-13-8-9-22-11-15(13)16/h1-9,11H,10H2,(H2,23,24,25). The fourth-order valence-electron chi connectivity index (χ4n) is 2.38. The molecular formula is C18H14F3N3O2. The molecule has 1 heterocycles. The second-order valence-electron chi connectivity index (χ2n) is 5.40. The average Bonchev–Trinajstić information content (AvgIpc) is 2.60. The van der Waals surface area contributed by atoms with Crippen molar-refractivity contribution >= 4 is 22.5 Å². The van der Waals surface area contributed by atoms with Gasteiger partial charge >= 0.3 is 12.4 Å². The molecule has 0 aliphatic heterocycles. The average molecular weight is 361 g/mol. The van der Waals surface area contributed by atoms with Crippen molar-refractivity contribution in [3.05, 3.63) is 66.5 Å². The molecule has 3 rings (SSSR count). The van der Waals surface area contributed by atoms with Crippen molar-refractivity contribution in [2.45, 2.75) is 12.9 Å². The summed E-state index contributed by atoms with van der Waals surface area (Å²) in [5.74, 6) is -0.311. The van der Waals surface area contributed by atoms with Gasteiger partial charge in [-0.25, -0.2) is 4.79 Å². The summed E-state index contributed by atoms with van der Waals surface area (Å²) >= 11 is 0. The van der Waals surface area contributed by atoms with Crippen LogP contribution in [0.4, 0.5) is 23.7 Å². The normalized spacial score (nSPS) is 11.2. The predicted octanol–water partition coefficient (Wildman–Crippen LogP) is 4.46. The summed E-state index contributed by atoms with van der Waals surface area (Å²) in [6.07, 6.45) is -1.41. The summed E-state index contributed by atoms with van der Waals surface area (Å²) in [5, 5.41) is 7.13. The number of alkyl halides is 3. The Hall–Kier alpha value is -3.29. The van der Waals surface area contributed by atoms with Gasteiger partial charge in [0.25, 0.3) is 0 Å². The highest BCUT2D eigenvalue weighted by Gasteiger charge is 2.30. The van der Waals surface area contributed by atoms with Crippen molar-refractivity contribution < 1.29 is 22.7 Å². The maximum absolute atomic E-state index is 12.1. The number of nitrogens with zero attached hydrogens (tertiary/aromatic N) is 1. The molecule has 0 fully saturated rings. The molecule has 0 atom stereocenters. The molecule has 26 heavy (non-hydrogen) atoms. The molecule has 2 N–H and O–H groups in total. The number of carbonyl (C=O) groups is 1. The molecule has 1 aromatic heterocycles. The molecule has 134 valence electrons. The fourth-order valence-corrected chi connectivity index (χ4v) is 2.38. The van der Waals surface area contributed by atoms with Crippen LogP contribution in [0.3, 0.4) is 0 Å². The summed E-state index contributed by atoms with van der Waals surface area (Å²) in [7, 11) is 0. The van der Waals surface area contributed by atoms with Crippen molar-refractivity contribution in [1.29, 1.82) is 0 Å². The van der Waals surface area contributed by atoms with Gasteiger partial charge in [0, 0.05) is 24.3 Å². The lowest BCUT2D eigenvalue weighted by atomic mass is 10.1.